The number of anilines is 3. The summed E-state index contributed by atoms with van der Waals surface area (Å²) < 4.78 is 28.1. The Morgan fingerprint density at radius 3 is 2.06 bits per heavy atom. The monoisotopic (exact) mass is 479 g/mol. The Hall–Kier alpha value is -3.30. The number of nitrogens with one attached hydrogen (secondary N) is 3. The van der Waals surface area contributed by atoms with E-state index in [0.717, 1.165) is 49.2 Å². The van der Waals surface area contributed by atoms with Gasteiger partial charge in [-0.15, -0.1) is 0 Å². The molecule has 3 N–H and O–H groups in total. The first-order chi connectivity index (χ1) is 16.3. The standard InChI is InChI=1S/C25H29N5O3S/c1-17-16-18(2)27-25(26-17)29-21-10-8-19(9-11-21)24(31)28-20-12-14-23(15-13-20)34(32,33)30-22-6-4-3-5-7-22/h8-16,22,30H,3-7H2,1-2H3,(H,28,31)(H,26,27,29). The highest BCUT2D eigenvalue weighted by atomic mass is 32.2. The Kier molecular flexibility index (Phi) is 7.23. The molecular weight excluding hydrogens is 450 g/mol. The SMILES string of the molecule is Cc1cc(C)nc(Nc2ccc(C(=O)Nc3ccc(S(=O)(=O)NC4CCCCC4)cc3)cc2)n1. The molecule has 1 aliphatic carbocycles. The van der Waals surface area contributed by atoms with Gasteiger partial charge in [0.1, 0.15) is 0 Å². The molecule has 0 spiro atoms. The predicted molar refractivity (Wildman–Crippen MR) is 133 cm³/mol. The van der Waals surface area contributed by atoms with Gasteiger partial charge in [0.25, 0.3) is 5.91 Å². The molecule has 9 heteroatoms. The summed E-state index contributed by atoms with van der Waals surface area (Å²) in [4.78, 5) is 21.5. The maximum Gasteiger partial charge on any atom is 0.255 e. The van der Waals surface area contributed by atoms with E-state index in [0.29, 0.717) is 17.2 Å². The van der Waals surface area contributed by atoms with E-state index >= 15 is 0 Å². The van der Waals surface area contributed by atoms with Gasteiger partial charge in [-0.3, -0.25) is 4.79 Å². The Morgan fingerprint density at radius 2 is 1.44 bits per heavy atom. The average molecular weight is 480 g/mol. The van der Waals surface area contributed by atoms with Crippen LogP contribution in [-0.4, -0.2) is 30.3 Å². The molecule has 1 aliphatic rings. The van der Waals surface area contributed by atoms with E-state index in [9.17, 15) is 13.2 Å². The van der Waals surface area contributed by atoms with Gasteiger partial charge in [-0.1, -0.05) is 19.3 Å². The van der Waals surface area contributed by atoms with Crippen molar-refractivity contribution in [3.8, 4) is 0 Å². The molecule has 178 valence electrons. The molecule has 3 aromatic rings. The van der Waals surface area contributed by atoms with Crippen LogP contribution in [0.4, 0.5) is 17.3 Å². The minimum absolute atomic E-state index is 0.00269. The second kappa shape index (κ2) is 10.3. The molecule has 0 radical (unpaired) electrons. The number of hydrogen-bond acceptors (Lipinski definition) is 6. The number of nitrogens with zero attached hydrogens (tertiary/aromatic N) is 2. The zero-order valence-electron chi connectivity index (χ0n) is 19.3. The van der Waals surface area contributed by atoms with Gasteiger partial charge in [-0.25, -0.2) is 23.1 Å². The third kappa shape index (κ3) is 6.18. The van der Waals surface area contributed by atoms with Crippen LogP contribution in [0.1, 0.15) is 53.8 Å². The zero-order chi connectivity index (χ0) is 24.1. The van der Waals surface area contributed by atoms with E-state index in [1.165, 1.54) is 12.1 Å². The molecule has 1 saturated carbocycles. The number of rotatable bonds is 7. The fourth-order valence-electron chi connectivity index (χ4n) is 4.04. The normalized spacial score (nSPS) is 14.5. The van der Waals surface area contributed by atoms with Crippen molar-refractivity contribution in [3.63, 3.8) is 0 Å². The number of hydrogen-bond donors (Lipinski definition) is 3. The first kappa shape index (κ1) is 23.8. The number of amides is 1. The van der Waals surface area contributed by atoms with E-state index < -0.39 is 10.0 Å². The first-order valence-electron chi connectivity index (χ1n) is 11.4. The van der Waals surface area contributed by atoms with Gasteiger partial charge >= 0.3 is 0 Å². The van der Waals surface area contributed by atoms with Crippen molar-refractivity contribution >= 4 is 33.3 Å². The minimum atomic E-state index is -3.57. The predicted octanol–water partition coefficient (Wildman–Crippen LogP) is 4.70. The van der Waals surface area contributed by atoms with Crippen molar-refractivity contribution in [3.05, 3.63) is 71.5 Å². The largest absolute Gasteiger partial charge is 0.324 e. The summed E-state index contributed by atoms with van der Waals surface area (Å²) in [5.74, 6) is 0.216. The van der Waals surface area contributed by atoms with Crippen LogP contribution in [0.5, 0.6) is 0 Å². The maximum absolute atomic E-state index is 12.6. The highest BCUT2D eigenvalue weighted by molar-refractivity contribution is 7.89. The summed E-state index contributed by atoms with van der Waals surface area (Å²) in [7, 11) is -3.57. The minimum Gasteiger partial charge on any atom is -0.324 e. The van der Waals surface area contributed by atoms with E-state index in [1.807, 2.05) is 19.9 Å². The lowest BCUT2D eigenvalue weighted by Crippen LogP contribution is -2.36. The molecule has 1 fully saturated rings. The molecule has 0 unspecified atom stereocenters. The number of sulfonamides is 1. The van der Waals surface area contributed by atoms with Gasteiger partial charge in [0.15, 0.2) is 0 Å². The summed E-state index contributed by atoms with van der Waals surface area (Å²) in [6.07, 6.45) is 5.01. The summed E-state index contributed by atoms with van der Waals surface area (Å²) in [6.45, 7) is 3.81. The molecule has 0 aliphatic heterocycles. The Bertz CT molecular complexity index is 1230. The van der Waals surface area contributed by atoms with E-state index in [4.69, 9.17) is 0 Å². The molecule has 1 amide bonds. The third-order valence-electron chi connectivity index (χ3n) is 5.73. The second-order valence-corrected chi connectivity index (χ2v) is 10.3. The molecule has 0 bridgehead atoms. The molecule has 2 aromatic carbocycles. The van der Waals surface area contributed by atoms with Crippen molar-refractivity contribution in [2.24, 2.45) is 0 Å². The topological polar surface area (TPSA) is 113 Å². The van der Waals surface area contributed by atoms with E-state index in [2.05, 4.69) is 25.3 Å². The van der Waals surface area contributed by atoms with Gasteiger partial charge in [0.05, 0.1) is 4.90 Å². The van der Waals surface area contributed by atoms with Crippen LogP contribution in [0.3, 0.4) is 0 Å². The molecule has 1 aromatic heterocycles. The lowest BCUT2D eigenvalue weighted by Gasteiger charge is -2.22. The van der Waals surface area contributed by atoms with E-state index in [1.54, 1.807) is 36.4 Å². The van der Waals surface area contributed by atoms with Gasteiger partial charge in [0, 0.05) is 34.4 Å². The average Bonchev–Trinajstić information content (AvgIpc) is 2.79. The number of aromatic nitrogens is 2. The smallest absolute Gasteiger partial charge is 0.255 e. The summed E-state index contributed by atoms with van der Waals surface area (Å²) in [5.41, 5.74) is 3.50. The van der Waals surface area contributed by atoms with Gasteiger partial charge in [-0.2, -0.15) is 0 Å². The Morgan fingerprint density at radius 1 is 0.853 bits per heavy atom. The molecule has 0 saturated heterocycles. The van der Waals surface area contributed by atoms with Crippen LogP contribution in [-0.2, 0) is 10.0 Å². The van der Waals surface area contributed by atoms with Crippen LogP contribution < -0.4 is 15.4 Å². The van der Waals surface area contributed by atoms with Crippen molar-refractivity contribution in [1.82, 2.24) is 14.7 Å². The van der Waals surface area contributed by atoms with Crippen molar-refractivity contribution in [2.75, 3.05) is 10.6 Å². The maximum atomic E-state index is 12.6. The summed E-state index contributed by atoms with van der Waals surface area (Å²) in [5, 5.41) is 5.94. The number of benzene rings is 2. The highest BCUT2D eigenvalue weighted by Crippen LogP contribution is 2.21. The lowest BCUT2D eigenvalue weighted by molar-refractivity contribution is 0.102. The van der Waals surface area contributed by atoms with Gasteiger partial charge in [-0.05, 0) is 81.3 Å². The Labute approximate surface area is 200 Å². The summed E-state index contributed by atoms with van der Waals surface area (Å²) >= 11 is 0. The number of carbonyl (C=O) groups is 1. The van der Waals surface area contributed by atoms with Crippen LogP contribution >= 0.6 is 0 Å². The molecule has 1 heterocycles. The first-order valence-corrected chi connectivity index (χ1v) is 12.9. The fourth-order valence-corrected chi connectivity index (χ4v) is 5.35. The van der Waals surface area contributed by atoms with Crippen LogP contribution in [0, 0.1) is 13.8 Å². The molecule has 8 nitrogen and oxygen atoms in total. The van der Waals surface area contributed by atoms with Crippen LogP contribution in [0.2, 0.25) is 0 Å². The fraction of sp³-hybridized carbons (Fsp3) is 0.320. The number of aryl methyl sites for hydroxylation is 2. The molecule has 4 rings (SSSR count). The zero-order valence-corrected chi connectivity index (χ0v) is 20.2. The van der Waals surface area contributed by atoms with E-state index in [-0.39, 0.29) is 16.8 Å². The third-order valence-corrected chi connectivity index (χ3v) is 7.27. The van der Waals surface area contributed by atoms with Crippen LogP contribution in [0.25, 0.3) is 0 Å². The van der Waals surface area contributed by atoms with Crippen molar-refractivity contribution in [2.45, 2.75) is 56.9 Å². The van der Waals surface area contributed by atoms with Gasteiger partial charge < -0.3 is 10.6 Å². The van der Waals surface area contributed by atoms with Crippen molar-refractivity contribution < 1.29 is 13.2 Å². The quantitative estimate of drug-likeness (QED) is 0.453. The molecule has 34 heavy (non-hydrogen) atoms. The van der Waals surface area contributed by atoms with Crippen molar-refractivity contribution in [1.29, 1.82) is 0 Å². The molecular formula is C25H29N5O3S. The molecule has 0 atom stereocenters. The summed E-state index contributed by atoms with van der Waals surface area (Å²) in [6, 6.07) is 15.1. The van der Waals surface area contributed by atoms with Gasteiger partial charge in [0.2, 0.25) is 16.0 Å². The Balaban J connectivity index is 1.36. The second-order valence-electron chi connectivity index (χ2n) is 8.61. The number of carbonyl (C=O) groups excluding carboxylic acids is 1. The lowest BCUT2D eigenvalue weighted by atomic mass is 9.96. The van der Waals surface area contributed by atoms with Crippen LogP contribution in [0.15, 0.2) is 59.5 Å². The highest BCUT2D eigenvalue weighted by Gasteiger charge is 2.21.